The van der Waals surface area contributed by atoms with E-state index >= 15 is 0 Å². The number of nitrogens with zero attached hydrogens (tertiary/aromatic N) is 2. The zero-order valence-electron chi connectivity index (χ0n) is 11.1. The Balaban J connectivity index is 1.98. The first kappa shape index (κ1) is 13.6. The van der Waals surface area contributed by atoms with Crippen LogP contribution < -0.4 is 4.74 Å². The van der Waals surface area contributed by atoms with Gasteiger partial charge in [-0.15, -0.1) is 0 Å². The molecule has 0 radical (unpaired) electrons. The molecule has 21 heavy (non-hydrogen) atoms. The van der Waals surface area contributed by atoms with Crippen LogP contribution in [0.5, 0.6) is 5.75 Å². The van der Waals surface area contributed by atoms with Crippen molar-refractivity contribution in [2.24, 2.45) is 0 Å². The molecule has 3 rings (SSSR count). The van der Waals surface area contributed by atoms with Crippen molar-refractivity contribution >= 4 is 27.7 Å². The van der Waals surface area contributed by atoms with Gasteiger partial charge < -0.3 is 13.9 Å². The average Bonchev–Trinajstić information content (AvgIpc) is 2.90. The number of halogens is 1. The molecule has 2 heterocycles. The summed E-state index contributed by atoms with van der Waals surface area (Å²) >= 11 is 3.44. The van der Waals surface area contributed by atoms with Gasteiger partial charge in [-0.1, -0.05) is 28.1 Å². The molecule has 106 valence electrons. The molecule has 0 N–H and O–H groups in total. The maximum Gasteiger partial charge on any atom is 0.513 e. The van der Waals surface area contributed by atoms with Crippen molar-refractivity contribution in [1.82, 2.24) is 9.38 Å². The Bertz CT molecular complexity index is 814. The van der Waals surface area contributed by atoms with Gasteiger partial charge in [0.1, 0.15) is 5.65 Å². The van der Waals surface area contributed by atoms with E-state index in [9.17, 15) is 4.79 Å². The number of ether oxygens (including phenoxy) is 2. The number of benzene rings is 1. The van der Waals surface area contributed by atoms with Crippen LogP contribution in [0.1, 0.15) is 0 Å². The fourth-order valence-electron chi connectivity index (χ4n) is 1.96. The Labute approximate surface area is 129 Å². The lowest BCUT2D eigenvalue weighted by Crippen LogP contribution is -2.07. The van der Waals surface area contributed by atoms with E-state index in [-0.39, 0.29) is 0 Å². The highest BCUT2D eigenvalue weighted by Gasteiger charge is 2.08. The third-order valence-electron chi connectivity index (χ3n) is 2.91. The smallest absolute Gasteiger partial charge is 0.437 e. The van der Waals surface area contributed by atoms with Crippen LogP contribution in [-0.2, 0) is 4.74 Å². The molecule has 1 aromatic carbocycles. The highest BCUT2D eigenvalue weighted by atomic mass is 79.9. The van der Waals surface area contributed by atoms with Crippen molar-refractivity contribution in [2.75, 3.05) is 7.11 Å². The zero-order chi connectivity index (χ0) is 14.8. The van der Waals surface area contributed by atoms with Crippen LogP contribution in [-0.4, -0.2) is 22.6 Å². The van der Waals surface area contributed by atoms with Crippen LogP contribution >= 0.6 is 15.9 Å². The molecule has 0 bridgehead atoms. The first-order chi connectivity index (χ1) is 10.2. The number of hydrogen-bond acceptors (Lipinski definition) is 4. The summed E-state index contributed by atoms with van der Waals surface area (Å²) in [4.78, 5) is 15.6. The fraction of sp³-hybridized carbons (Fsp3) is 0.0667. The van der Waals surface area contributed by atoms with Gasteiger partial charge >= 0.3 is 6.16 Å². The first-order valence-electron chi connectivity index (χ1n) is 6.16. The number of carbonyl (C=O) groups excluding carboxylic acids is 1. The Morgan fingerprint density at radius 1 is 1.24 bits per heavy atom. The van der Waals surface area contributed by atoms with Crippen molar-refractivity contribution < 1.29 is 14.3 Å². The standard InChI is InChI=1S/C15H11BrN2O3/c1-20-15(19)21-12-5-6-14-17-13(9-18(14)8-12)10-3-2-4-11(16)7-10/h2-9H,1H3. The molecule has 0 aliphatic carbocycles. The largest absolute Gasteiger partial charge is 0.513 e. The molecule has 3 aromatic rings. The van der Waals surface area contributed by atoms with Crippen LogP contribution in [0, 0.1) is 0 Å². The first-order valence-corrected chi connectivity index (χ1v) is 6.95. The second kappa shape index (κ2) is 5.57. The van der Waals surface area contributed by atoms with Crippen LogP contribution in [0.2, 0.25) is 0 Å². The van der Waals surface area contributed by atoms with Crippen LogP contribution in [0.3, 0.4) is 0 Å². The fourth-order valence-corrected chi connectivity index (χ4v) is 2.36. The van der Waals surface area contributed by atoms with Gasteiger partial charge in [0, 0.05) is 16.2 Å². The Morgan fingerprint density at radius 3 is 2.86 bits per heavy atom. The van der Waals surface area contributed by atoms with Gasteiger partial charge in [-0.3, -0.25) is 0 Å². The van der Waals surface area contributed by atoms with Gasteiger partial charge in [-0.2, -0.15) is 0 Å². The molecular weight excluding hydrogens is 336 g/mol. The van der Waals surface area contributed by atoms with Gasteiger partial charge in [-0.05, 0) is 24.3 Å². The second-order valence-electron chi connectivity index (χ2n) is 4.32. The molecule has 0 unspecified atom stereocenters. The van der Waals surface area contributed by atoms with E-state index in [1.165, 1.54) is 7.11 Å². The topological polar surface area (TPSA) is 52.8 Å². The van der Waals surface area contributed by atoms with E-state index in [1.807, 2.05) is 30.5 Å². The molecule has 0 aliphatic rings. The maximum atomic E-state index is 11.1. The number of carbonyl (C=O) groups is 1. The summed E-state index contributed by atoms with van der Waals surface area (Å²) in [7, 11) is 1.27. The summed E-state index contributed by atoms with van der Waals surface area (Å²) in [6, 6.07) is 11.3. The van der Waals surface area contributed by atoms with Crippen molar-refractivity contribution in [3.63, 3.8) is 0 Å². The van der Waals surface area contributed by atoms with Crippen LogP contribution in [0.4, 0.5) is 4.79 Å². The third-order valence-corrected chi connectivity index (χ3v) is 3.41. The van der Waals surface area contributed by atoms with E-state index in [4.69, 9.17) is 4.74 Å². The number of aromatic nitrogens is 2. The Morgan fingerprint density at radius 2 is 2.10 bits per heavy atom. The quantitative estimate of drug-likeness (QED) is 0.660. The summed E-state index contributed by atoms with van der Waals surface area (Å²) in [5.41, 5.74) is 2.61. The number of methoxy groups -OCH3 is 1. The van der Waals surface area contributed by atoms with Crippen LogP contribution in [0.25, 0.3) is 16.9 Å². The van der Waals surface area contributed by atoms with Gasteiger partial charge in [0.15, 0.2) is 5.75 Å². The van der Waals surface area contributed by atoms with E-state index in [0.29, 0.717) is 5.75 Å². The van der Waals surface area contributed by atoms with Crippen molar-refractivity contribution in [2.45, 2.75) is 0 Å². The molecule has 2 aromatic heterocycles. The van der Waals surface area contributed by atoms with Gasteiger partial charge in [-0.25, -0.2) is 9.78 Å². The molecule has 0 saturated carbocycles. The summed E-state index contributed by atoms with van der Waals surface area (Å²) in [6.45, 7) is 0. The molecule has 0 saturated heterocycles. The number of imidazole rings is 1. The lowest BCUT2D eigenvalue weighted by molar-refractivity contribution is 0.121. The highest BCUT2D eigenvalue weighted by Crippen LogP contribution is 2.23. The molecular formula is C15H11BrN2O3. The summed E-state index contributed by atoms with van der Waals surface area (Å²) < 4.78 is 12.2. The number of hydrogen-bond donors (Lipinski definition) is 0. The monoisotopic (exact) mass is 346 g/mol. The summed E-state index contributed by atoms with van der Waals surface area (Å²) in [5.74, 6) is 0.396. The van der Waals surface area contributed by atoms with Gasteiger partial charge in [0.25, 0.3) is 0 Å². The Kier molecular flexibility index (Phi) is 3.62. The zero-order valence-corrected chi connectivity index (χ0v) is 12.7. The number of fused-ring (bicyclic) bond motifs is 1. The SMILES string of the molecule is COC(=O)Oc1ccc2nc(-c3cccc(Br)c3)cn2c1. The number of pyridine rings is 1. The van der Waals surface area contributed by atoms with E-state index in [1.54, 1.807) is 22.7 Å². The predicted octanol–water partition coefficient (Wildman–Crippen LogP) is 3.91. The average molecular weight is 347 g/mol. The van der Waals surface area contributed by atoms with Crippen LogP contribution in [0.15, 0.2) is 53.3 Å². The van der Waals surface area contributed by atoms with Crippen molar-refractivity contribution in [3.05, 3.63) is 53.3 Å². The minimum atomic E-state index is -0.748. The van der Waals surface area contributed by atoms with Gasteiger partial charge in [0.2, 0.25) is 0 Å². The van der Waals surface area contributed by atoms with E-state index in [2.05, 4.69) is 25.7 Å². The second-order valence-corrected chi connectivity index (χ2v) is 5.24. The lowest BCUT2D eigenvalue weighted by Gasteiger charge is -2.02. The minimum absolute atomic E-state index is 0.396. The maximum absolute atomic E-state index is 11.1. The third kappa shape index (κ3) is 2.90. The minimum Gasteiger partial charge on any atom is -0.437 e. The molecule has 0 atom stereocenters. The normalized spacial score (nSPS) is 10.6. The Hall–Kier alpha value is -2.34. The highest BCUT2D eigenvalue weighted by molar-refractivity contribution is 9.10. The van der Waals surface area contributed by atoms with Crippen molar-refractivity contribution in [1.29, 1.82) is 0 Å². The molecule has 6 heteroatoms. The van der Waals surface area contributed by atoms with E-state index < -0.39 is 6.16 Å². The lowest BCUT2D eigenvalue weighted by atomic mass is 10.2. The molecule has 0 spiro atoms. The van der Waals surface area contributed by atoms with E-state index in [0.717, 1.165) is 21.4 Å². The van der Waals surface area contributed by atoms with Crippen molar-refractivity contribution in [3.8, 4) is 17.0 Å². The molecule has 0 aliphatic heterocycles. The molecule has 0 amide bonds. The van der Waals surface area contributed by atoms with Gasteiger partial charge in [0.05, 0.1) is 19.0 Å². The predicted molar refractivity (Wildman–Crippen MR) is 81.4 cm³/mol. The number of rotatable bonds is 2. The summed E-state index contributed by atoms with van der Waals surface area (Å²) in [5, 5.41) is 0. The summed E-state index contributed by atoms with van der Waals surface area (Å²) in [6.07, 6.45) is 2.81. The molecule has 0 fully saturated rings. The molecule has 5 nitrogen and oxygen atoms in total.